The van der Waals surface area contributed by atoms with E-state index in [0.717, 1.165) is 0 Å². The average molecular weight is 375 g/mol. The lowest BCUT2D eigenvalue weighted by molar-refractivity contribution is -0.153. The number of aryl methyl sites for hydroxylation is 2. The second-order valence-electron chi connectivity index (χ2n) is 7.37. The smallest absolute Gasteiger partial charge is 0.374 e. The Morgan fingerprint density at radius 2 is 1.74 bits per heavy atom. The Morgan fingerprint density at radius 3 is 2.33 bits per heavy atom. The molecule has 0 aliphatic carbocycles. The molecule has 2 rings (SSSR count). The van der Waals surface area contributed by atoms with Crippen molar-refractivity contribution in [2.24, 2.45) is 14.1 Å². The maximum Gasteiger partial charge on any atom is 0.374 e. The van der Waals surface area contributed by atoms with Crippen LogP contribution in [0.25, 0.3) is 0 Å². The van der Waals surface area contributed by atoms with E-state index in [9.17, 15) is 14.4 Å². The van der Waals surface area contributed by atoms with Crippen molar-refractivity contribution in [2.75, 3.05) is 7.11 Å². The Morgan fingerprint density at radius 1 is 1.07 bits per heavy atom. The number of esters is 2. The highest BCUT2D eigenvalue weighted by molar-refractivity contribution is 5.96. The molecule has 0 amide bonds. The summed E-state index contributed by atoms with van der Waals surface area (Å²) in [5.74, 6) is -0.936. The lowest BCUT2D eigenvalue weighted by atomic mass is 10.1. The third kappa shape index (κ3) is 5.29. The fraction of sp³-hybridized carbons (Fsp3) is 0.474. The van der Waals surface area contributed by atoms with E-state index < -0.39 is 11.6 Å². The largest absolute Gasteiger partial charge is 0.463 e. The van der Waals surface area contributed by atoms with Crippen LogP contribution in [0.4, 0.5) is 0 Å². The number of aromatic nitrogens is 3. The molecule has 2 aromatic rings. The number of rotatable bonds is 6. The number of methoxy groups -OCH3 is 1. The number of carbonyl (C=O) groups is 3. The molecule has 0 radical (unpaired) electrons. The minimum absolute atomic E-state index is 0.0363. The molecule has 0 bridgehead atoms. The first-order chi connectivity index (χ1) is 12.5. The van der Waals surface area contributed by atoms with Crippen molar-refractivity contribution in [1.82, 2.24) is 14.1 Å². The highest BCUT2D eigenvalue weighted by Gasteiger charge is 2.20. The van der Waals surface area contributed by atoms with E-state index in [2.05, 4.69) is 9.72 Å². The van der Waals surface area contributed by atoms with E-state index in [1.165, 1.54) is 11.7 Å². The summed E-state index contributed by atoms with van der Waals surface area (Å²) in [5.41, 5.74) is 1.07. The van der Waals surface area contributed by atoms with Gasteiger partial charge in [-0.15, -0.1) is 0 Å². The summed E-state index contributed by atoms with van der Waals surface area (Å²) >= 11 is 0. The number of ketones is 1. The van der Waals surface area contributed by atoms with Crippen molar-refractivity contribution in [1.29, 1.82) is 0 Å². The van der Waals surface area contributed by atoms with Gasteiger partial charge in [0.05, 0.1) is 31.3 Å². The predicted molar refractivity (Wildman–Crippen MR) is 97.5 cm³/mol. The minimum Gasteiger partial charge on any atom is -0.463 e. The van der Waals surface area contributed by atoms with Crippen LogP contribution in [0.1, 0.15) is 53.1 Å². The zero-order valence-corrected chi connectivity index (χ0v) is 16.5. The van der Waals surface area contributed by atoms with Crippen molar-refractivity contribution >= 4 is 17.7 Å². The summed E-state index contributed by atoms with van der Waals surface area (Å²) in [7, 11) is 4.68. The van der Waals surface area contributed by atoms with E-state index in [1.54, 1.807) is 57.9 Å². The van der Waals surface area contributed by atoms with Crippen LogP contribution in [0.3, 0.4) is 0 Å². The van der Waals surface area contributed by atoms with Crippen LogP contribution >= 0.6 is 0 Å². The molecule has 0 spiro atoms. The van der Waals surface area contributed by atoms with Crippen molar-refractivity contribution < 1.29 is 23.9 Å². The molecule has 0 fully saturated rings. The summed E-state index contributed by atoms with van der Waals surface area (Å²) in [6.07, 6.45) is 3.48. The van der Waals surface area contributed by atoms with Gasteiger partial charge in [0.15, 0.2) is 5.78 Å². The monoisotopic (exact) mass is 375 g/mol. The van der Waals surface area contributed by atoms with Gasteiger partial charge in [0.1, 0.15) is 5.60 Å². The first kappa shape index (κ1) is 20.4. The molecule has 8 nitrogen and oxygen atoms in total. The molecular formula is C19H25N3O5. The summed E-state index contributed by atoms with van der Waals surface area (Å²) < 4.78 is 13.2. The van der Waals surface area contributed by atoms with Crippen LogP contribution in [0.5, 0.6) is 0 Å². The lowest BCUT2D eigenvalue weighted by Gasteiger charge is -2.19. The fourth-order valence-corrected chi connectivity index (χ4v) is 2.70. The standard InChI is InChI=1S/C19H25N3O5/c1-19(2,3)27-16(24)8-12-7-14(21(4)10-12)15(23)9-13-11-22(5)17(20-13)18(25)26-6/h7,10-11H,8-9H2,1-6H3. The Labute approximate surface area is 158 Å². The normalized spacial score (nSPS) is 11.3. The van der Waals surface area contributed by atoms with E-state index in [0.29, 0.717) is 17.0 Å². The number of imidazole rings is 1. The summed E-state index contributed by atoms with van der Waals surface area (Å²) in [6.45, 7) is 5.42. The van der Waals surface area contributed by atoms with E-state index in [-0.39, 0.29) is 30.4 Å². The summed E-state index contributed by atoms with van der Waals surface area (Å²) in [4.78, 5) is 40.4. The van der Waals surface area contributed by atoms with Gasteiger partial charge in [-0.3, -0.25) is 9.59 Å². The van der Waals surface area contributed by atoms with Crippen LogP contribution in [0, 0.1) is 0 Å². The first-order valence-electron chi connectivity index (χ1n) is 8.51. The molecule has 27 heavy (non-hydrogen) atoms. The third-order valence-electron chi connectivity index (χ3n) is 3.75. The van der Waals surface area contributed by atoms with Gasteiger partial charge in [0.25, 0.3) is 0 Å². The van der Waals surface area contributed by atoms with Crippen molar-refractivity contribution in [3.05, 3.63) is 41.2 Å². The highest BCUT2D eigenvalue weighted by atomic mass is 16.6. The van der Waals surface area contributed by atoms with Gasteiger partial charge in [0.2, 0.25) is 5.82 Å². The molecule has 0 atom stereocenters. The van der Waals surface area contributed by atoms with Gasteiger partial charge in [-0.2, -0.15) is 0 Å². The van der Waals surface area contributed by atoms with Crippen molar-refractivity contribution in [3.8, 4) is 0 Å². The van der Waals surface area contributed by atoms with Crippen LogP contribution < -0.4 is 0 Å². The Kier molecular flexibility index (Phi) is 5.88. The molecule has 0 saturated heterocycles. The van der Waals surface area contributed by atoms with Crippen LogP contribution in [-0.4, -0.2) is 44.6 Å². The number of hydrogen-bond acceptors (Lipinski definition) is 6. The molecule has 0 N–H and O–H groups in total. The number of nitrogens with zero attached hydrogens (tertiary/aromatic N) is 3. The second-order valence-corrected chi connectivity index (χ2v) is 7.37. The van der Waals surface area contributed by atoms with E-state index in [1.807, 2.05) is 0 Å². The Bertz CT molecular complexity index is 871. The molecule has 2 heterocycles. The molecule has 0 aliphatic heterocycles. The van der Waals surface area contributed by atoms with Crippen LogP contribution in [0.2, 0.25) is 0 Å². The Hall–Kier alpha value is -2.90. The first-order valence-corrected chi connectivity index (χ1v) is 8.51. The van der Waals surface area contributed by atoms with Gasteiger partial charge in [-0.05, 0) is 32.4 Å². The second kappa shape index (κ2) is 7.77. The van der Waals surface area contributed by atoms with Crippen molar-refractivity contribution in [2.45, 2.75) is 39.2 Å². The van der Waals surface area contributed by atoms with Gasteiger partial charge in [-0.25, -0.2) is 9.78 Å². The summed E-state index contributed by atoms with van der Waals surface area (Å²) in [6, 6.07) is 1.68. The van der Waals surface area contributed by atoms with Crippen molar-refractivity contribution in [3.63, 3.8) is 0 Å². The Balaban J connectivity index is 2.10. The molecule has 146 valence electrons. The fourth-order valence-electron chi connectivity index (χ4n) is 2.70. The maximum absolute atomic E-state index is 12.6. The molecule has 2 aromatic heterocycles. The predicted octanol–water partition coefficient (Wildman–Crippen LogP) is 1.85. The molecule has 0 aliphatic rings. The number of ether oxygens (including phenoxy) is 2. The van der Waals surface area contributed by atoms with Crippen LogP contribution in [0.15, 0.2) is 18.5 Å². The molecule has 8 heteroatoms. The zero-order chi connectivity index (χ0) is 20.4. The van der Waals surface area contributed by atoms with Gasteiger partial charge >= 0.3 is 11.9 Å². The van der Waals surface area contributed by atoms with Gasteiger partial charge in [-0.1, -0.05) is 0 Å². The molecule has 0 aromatic carbocycles. The molecule has 0 saturated carbocycles. The number of Topliss-reactive ketones (excluding diaryl/α,β-unsaturated/α-hetero) is 1. The molecule has 0 unspecified atom stereocenters. The quantitative estimate of drug-likeness (QED) is 0.565. The van der Waals surface area contributed by atoms with Crippen LogP contribution in [-0.2, 0) is 41.2 Å². The highest BCUT2D eigenvalue weighted by Crippen LogP contribution is 2.15. The van der Waals surface area contributed by atoms with E-state index in [4.69, 9.17) is 4.74 Å². The number of hydrogen-bond donors (Lipinski definition) is 0. The maximum atomic E-state index is 12.6. The minimum atomic E-state index is -0.560. The SMILES string of the molecule is COC(=O)c1nc(CC(=O)c2cc(CC(=O)OC(C)(C)C)cn2C)cn1C. The van der Waals surface area contributed by atoms with Gasteiger partial charge < -0.3 is 18.6 Å². The van der Waals surface area contributed by atoms with Gasteiger partial charge in [0, 0.05) is 26.5 Å². The zero-order valence-electron chi connectivity index (χ0n) is 16.5. The number of carbonyl (C=O) groups excluding carboxylic acids is 3. The van der Waals surface area contributed by atoms with E-state index >= 15 is 0 Å². The summed E-state index contributed by atoms with van der Waals surface area (Å²) in [5, 5.41) is 0. The lowest BCUT2D eigenvalue weighted by Crippen LogP contribution is -2.24. The average Bonchev–Trinajstić information content (AvgIpc) is 3.07. The molecular weight excluding hydrogens is 350 g/mol. The topological polar surface area (TPSA) is 92.4 Å². The third-order valence-corrected chi connectivity index (χ3v) is 3.75.